The first-order chi connectivity index (χ1) is 9.74. The van der Waals surface area contributed by atoms with Crippen molar-refractivity contribution in [2.45, 2.75) is 33.2 Å². The number of hydrogen-bond acceptors (Lipinski definition) is 3. The smallest absolute Gasteiger partial charge is 0.406 e. The molecule has 2 aromatic rings. The van der Waals surface area contributed by atoms with Gasteiger partial charge in [-0.15, -0.1) is 13.2 Å². The summed E-state index contributed by atoms with van der Waals surface area (Å²) in [5.41, 5.74) is 1.52. The molecule has 0 unspecified atom stereocenters. The van der Waals surface area contributed by atoms with Crippen LogP contribution in [0.15, 0.2) is 30.5 Å². The van der Waals surface area contributed by atoms with E-state index in [0.717, 1.165) is 5.69 Å². The zero-order chi connectivity index (χ0) is 15.6. The van der Waals surface area contributed by atoms with E-state index in [4.69, 9.17) is 0 Å². The third-order valence-electron chi connectivity index (χ3n) is 2.59. The van der Waals surface area contributed by atoms with Crippen LogP contribution < -0.4 is 10.1 Å². The number of ether oxygens (including phenoxy) is 1. The van der Waals surface area contributed by atoms with Gasteiger partial charge in [0.2, 0.25) is 5.95 Å². The Morgan fingerprint density at radius 3 is 2.33 bits per heavy atom. The molecule has 0 aliphatic carbocycles. The number of aryl methyl sites for hydroxylation is 1. The number of alkyl halides is 3. The predicted molar refractivity (Wildman–Crippen MR) is 73.7 cm³/mol. The summed E-state index contributed by atoms with van der Waals surface area (Å²) in [5, 5.41) is 3.19. The van der Waals surface area contributed by atoms with E-state index in [9.17, 15) is 13.2 Å². The number of rotatable bonds is 4. The average molecular weight is 299 g/mol. The minimum Gasteiger partial charge on any atom is -0.406 e. The van der Waals surface area contributed by atoms with E-state index in [-0.39, 0.29) is 11.8 Å². The summed E-state index contributed by atoms with van der Waals surface area (Å²) in [4.78, 5) is 4.35. The molecule has 0 fully saturated rings. The molecule has 0 saturated heterocycles. The van der Waals surface area contributed by atoms with Crippen LogP contribution >= 0.6 is 0 Å². The second kappa shape index (κ2) is 5.67. The summed E-state index contributed by atoms with van der Waals surface area (Å²) < 4.78 is 42.0. The summed E-state index contributed by atoms with van der Waals surface area (Å²) >= 11 is 0. The average Bonchev–Trinajstić information content (AvgIpc) is 2.68. The second-order valence-corrected chi connectivity index (χ2v) is 4.92. The fraction of sp³-hybridized carbons (Fsp3) is 0.357. The predicted octanol–water partition coefficient (Wildman–Crippen LogP) is 3.90. The highest BCUT2D eigenvalue weighted by molar-refractivity contribution is 5.45. The Labute approximate surface area is 120 Å². The van der Waals surface area contributed by atoms with Crippen LogP contribution in [0.2, 0.25) is 0 Å². The lowest BCUT2D eigenvalue weighted by atomic mass is 10.3. The van der Waals surface area contributed by atoms with Gasteiger partial charge in [0, 0.05) is 17.9 Å². The van der Waals surface area contributed by atoms with E-state index in [0.29, 0.717) is 11.6 Å². The Hall–Kier alpha value is -2.18. The quantitative estimate of drug-likeness (QED) is 0.930. The van der Waals surface area contributed by atoms with E-state index < -0.39 is 6.36 Å². The first kappa shape index (κ1) is 15.2. The normalized spacial score (nSPS) is 11.8. The fourth-order valence-electron chi connectivity index (χ4n) is 1.86. The number of benzene rings is 1. The zero-order valence-electron chi connectivity index (χ0n) is 11.9. The van der Waals surface area contributed by atoms with Gasteiger partial charge >= 0.3 is 6.36 Å². The van der Waals surface area contributed by atoms with Crippen LogP contribution in [0.3, 0.4) is 0 Å². The molecule has 0 aliphatic heterocycles. The van der Waals surface area contributed by atoms with E-state index in [1.165, 1.54) is 12.1 Å². The lowest BCUT2D eigenvalue weighted by molar-refractivity contribution is -0.274. The van der Waals surface area contributed by atoms with Gasteiger partial charge < -0.3 is 10.1 Å². The summed E-state index contributed by atoms with van der Waals surface area (Å²) in [5.74, 6) is 0.397. The number of nitrogens with zero attached hydrogens (tertiary/aromatic N) is 2. The summed E-state index contributed by atoms with van der Waals surface area (Å²) in [6, 6.07) is 5.84. The molecule has 0 spiro atoms. The van der Waals surface area contributed by atoms with Crippen LogP contribution in [0.5, 0.6) is 5.75 Å². The molecule has 0 radical (unpaired) electrons. The van der Waals surface area contributed by atoms with Crippen molar-refractivity contribution in [2.75, 3.05) is 5.32 Å². The fourth-order valence-corrected chi connectivity index (χ4v) is 1.86. The van der Waals surface area contributed by atoms with Crippen molar-refractivity contribution in [3.63, 3.8) is 0 Å². The monoisotopic (exact) mass is 299 g/mol. The molecule has 0 aliphatic rings. The Morgan fingerprint density at radius 2 is 1.81 bits per heavy atom. The maximum absolute atomic E-state index is 12.1. The van der Waals surface area contributed by atoms with Gasteiger partial charge in [0.05, 0.1) is 5.69 Å². The molecule has 0 saturated carbocycles. The minimum absolute atomic E-state index is 0.193. The Balaban J connectivity index is 2.26. The number of aromatic nitrogens is 2. The van der Waals surface area contributed by atoms with E-state index in [1.54, 1.807) is 16.7 Å². The number of hydrogen-bond donors (Lipinski definition) is 1. The molecule has 0 bridgehead atoms. The van der Waals surface area contributed by atoms with Crippen LogP contribution in [0.25, 0.3) is 5.69 Å². The van der Waals surface area contributed by atoms with E-state index in [2.05, 4.69) is 15.0 Å². The van der Waals surface area contributed by atoms with Crippen molar-refractivity contribution in [2.24, 2.45) is 0 Å². The molecule has 2 rings (SSSR count). The van der Waals surface area contributed by atoms with Gasteiger partial charge in [-0.3, -0.25) is 4.57 Å². The van der Waals surface area contributed by atoms with Crippen molar-refractivity contribution in [1.82, 2.24) is 9.55 Å². The van der Waals surface area contributed by atoms with Crippen LogP contribution in [0.4, 0.5) is 19.1 Å². The molecule has 1 heterocycles. The first-order valence-electron chi connectivity index (χ1n) is 6.43. The molecule has 1 N–H and O–H groups in total. The topological polar surface area (TPSA) is 39.1 Å². The summed E-state index contributed by atoms with van der Waals surface area (Å²) in [6.45, 7) is 5.81. The molecular weight excluding hydrogens is 283 g/mol. The van der Waals surface area contributed by atoms with Crippen molar-refractivity contribution < 1.29 is 17.9 Å². The third-order valence-corrected chi connectivity index (χ3v) is 2.59. The third kappa shape index (κ3) is 4.14. The molecule has 0 amide bonds. The molecule has 114 valence electrons. The second-order valence-electron chi connectivity index (χ2n) is 4.92. The molecule has 4 nitrogen and oxygen atoms in total. The SMILES string of the molecule is Cc1cn(-c2ccc(OC(F)(F)F)cc2)c(NC(C)C)n1. The van der Waals surface area contributed by atoms with Crippen LogP contribution in [-0.2, 0) is 0 Å². The van der Waals surface area contributed by atoms with E-state index in [1.807, 2.05) is 27.0 Å². The number of halogens is 3. The van der Waals surface area contributed by atoms with Crippen molar-refractivity contribution in [3.8, 4) is 11.4 Å². The van der Waals surface area contributed by atoms with Crippen molar-refractivity contribution in [1.29, 1.82) is 0 Å². The van der Waals surface area contributed by atoms with Gasteiger partial charge in [-0.1, -0.05) is 0 Å². The largest absolute Gasteiger partial charge is 0.573 e. The molecule has 1 aromatic heterocycles. The highest BCUT2D eigenvalue weighted by atomic mass is 19.4. The Morgan fingerprint density at radius 1 is 1.19 bits per heavy atom. The van der Waals surface area contributed by atoms with Gasteiger partial charge in [0.25, 0.3) is 0 Å². The number of nitrogens with one attached hydrogen (secondary N) is 1. The van der Waals surface area contributed by atoms with Gasteiger partial charge in [0.1, 0.15) is 5.75 Å². The molecular formula is C14H16F3N3O. The molecule has 0 atom stereocenters. The lowest BCUT2D eigenvalue weighted by Gasteiger charge is -2.13. The van der Waals surface area contributed by atoms with Gasteiger partial charge in [-0.05, 0) is 45.0 Å². The first-order valence-corrected chi connectivity index (χ1v) is 6.43. The van der Waals surface area contributed by atoms with Crippen LogP contribution in [-0.4, -0.2) is 22.0 Å². The Bertz CT molecular complexity index is 603. The standard InChI is InChI=1S/C14H16F3N3O/c1-9(2)18-13-19-10(3)8-20(13)11-4-6-12(7-5-11)21-14(15,16)17/h4-9H,1-3H3,(H,18,19). The summed E-state index contributed by atoms with van der Waals surface area (Å²) in [6.07, 6.45) is -2.87. The molecule has 7 heteroatoms. The van der Waals surface area contributed by atoms with Crippen LogP contribution in [0, 0.1) is 6.92 Å². The zero-order valence-corrected chi connectivity index (χ0v) is 11.9. The maximum atomic E-state index is 12.1. The van der Waals surface area contributed by atoms with Crippen LogP contribution in [0.1, 0.15) is 19.5 Å². The molecule has 1 aromatic carbocycles. The van der Waals surface area contributed by atoms with Gasteiger partial charge in [0.15, 0.2) is 0 Å². The number of imidazole rings is 1. The Kier molecular flexibility index (Phi) is 4.11. The van der Waals surface area contributed by atoms with E-state index >= 15 is 0 Å². The molecule has 21 heavy (non-hydrogen) atoms. The maximum Gasteiger partial charge on any atom is 0.573 e. The lowest BCUT2D eigenvalue weighted by Crippen LogP contribution is -2.17. The highest BCUT2D eigenvalue weighted by Crippen LogP contribution is 2.25. The summed E-state index contributed by atoms with van der Waals surface area (Å²) in [7, 11) is 0. The number of anilines is 1. The van der Waals surface area contributed by atoms with Gasteiger partial charge in [-0.25, -0.2) is 4.98 Å². The minimum atomic E-state index is -4.68. The highest BCUT2D eigenvalue weighted by Gasteiger charge is 2.31. The van der Waals surface area contributed by atoms with Crippen molar-refractivity contribution >= 4 is 5.95 Å². The van der Waals surface area contributed by atoms with Gasteiger partial charge in [-0.2, -0.15) is 0 Å². The van der Waals surface area contributed by atoms with Crippen molar-refractivity contribution in [3.05, 3.63) is 36.2 Å².